The highest BCUT2D eigenvalue weighted by molar-refractivity contribution is 6.01. The lowest BCUT2D eigenvalue weighted by Gasteiger charge is -2.22. The maximum atomic E-state index is 14.6. The molecule has 0 aliphatic rings. The van der Waals surface area contributed by atoms with Gasteiger partial charge in [-0.3, -0.25) is 59.1 Å². The second kappa shape index (κ2) is 33.0. The summed E-state index contributed by atoms with van der Waals surface area (Å²) >= 11 is 0. The van der Waals surface area contributed by atoms with Crippen molar-refractivity contribution in [3.05, 3.63) is 298 Å². The first-order chi connectivity index (χ1) is 52.5. The fourth-order valence-corrected chi connectivity index (χ4v) is 13.5. The van der Waals surface area contributed by atoms with Gasteiger partial charge in [-0.25, -0.2) is 0 Å². The Kier molecular flexibility index (Phi) is 22.6. The molecule has 27 nitrogen and oxygen atoms in total. The van der Waals surface area contributed by atoms with Crippen LogP contribution in [-0.2, 0) is 67.3 Å². The second-order valence-corrected chi connectivity index (χ2v) is 26.5. The number of nitrogens with zero attached hydrogens (tertiary/aromatic N) is 3. The van der Waals surface area contributed by atoms with E-state index in [0.29, 0.717) is 84.4 Å². The van der Waals surface area contributed by atoms with Gasteiger partial charge >= 0.3 is 0 Å². The molecule has 3 aromatic heterocycles. The molecule has 554 valence electrons. The molecule has 3 atom stereocenters. The largest absolute Gasteiger partial charge is 0.497 e. The number of amides is 6. The number of aromatic nitrogens is 3. The summed E-state index contributed by atoms with van der Waals surface area (Å²) in [6.07, 6.45) is -0.385. The number of non-ortho nitro benzene ring substituents is 3. The molecule has 0 saturated heterocycles. The van der Waals surface area contributed by atoms with Crippen LogP contribution in [0, 0.1) is 51.1 Å². The number of rotatable bonds is 30. The molecule has 9 aromatic carbocycles. The normalized spacial score (nSPS) is 12.0. The number of hydrogen-bond acceptors (Lipinski definition) is 15. The Labute approximate surface area is 623 Å². The molecular formula is C82H76N12O15. The van der Waals surface area contributed by atoms with E-state index in [9.17, 15) is 59.1 Å². The number of benzene rings is 9. The van der Waals surface area contributed by atoms with E-state index in [4.69, 9.17) is 14.2 Å². The van der Waals surface area contributed by atoms with Crippen molar-refractivity contribution in [3.8, 4) is 17.2 Å². The van der Waals surface area contributed by atoms with Gasteiger partial charge in [0.2, 0.25) is 35.4 Å². The Bertz CT molecular complexity index is 4910. The first-order valence-corrected chi connectivity index (χ1v) is 34.7. The highest BCUT2D eigenvalue weighted by atomic mass is 16.6. The molecule has 12 aromatic rings. The standard InChI is InChI=1S/C82H76N12O15/c1-46-64(67-40-61(107-4)31-34-70(67)83-46)43-76(95)89-73(37-49-7-25-58(26-8-49)92(101)102)80(98)86-55-19-13-52(14-20-55)79(53-15-21-56(22-16-53)87-81(99)74(38-50-9-27-59(28-10-50)93(103)104)90-77(96)44-65-47(2)84-71-35-32-62(108-5)41-68(65)71)54-17-23-57(24-18-54)88-82(100)75(39-51-11-29-60(30-12-51)94(105)106)91-78(97)45-66-48(3)85-72-36-33-63(109-6)42-69(66)72/h7-36,40-42,73-75,79,83-85H,37-39,43-45H2,1-6H3,(H,86,98)(H,87,99)(H,88,100)(H,89,95)(H,90,96)(H,91,97)/t73-,74-,75-/m0/s1. The fraction of sp³-hybridized carbons (Fsp3) is 0.195. The first-order valence-electron chi connectivity index (χ1n) is 34.7. The number of H-pyrrole nitrogens is 3. The molecule has 0 aliphatic heterocycles. The van der Waals surface area contributed by atoms with Crippen molar-refractivity contribution in [2.45, 2.75) is 83.3 Å². The highest BCUT2D eigenvalue weighted by Crippen LogP contribution is 2.36. The zero-order chi connectivity index (χ0) is 77.2. The number of aromatic amines is 3. The number of nitro groups is 3. The minimum atomic E-state index is -1.17. The Balaban J connectivity index is 0.828. The first kappa shape index (κ1) is 74.7. The number of hydrogen-bond donors (Lipinski definition) is 9. The van der Waals surface area contributed by atoms with Crippen molar-refractivity contribution in [2.75, 3.05) is 37.3 Å². The lowest BCUT2D eigenvalue weighted by atomic mass is 9.85. The summed E-state index contributed by atoms with van der Waals surface area (Å²) in [5, 5.41) is 54.8. The van der Waals surface area contributed by atoms with Crippen LogP contribution in [-0.4, -0.2) is 105 Å². The topological polar surface area (TPSA) is 379 Å². The summed E-state index contributed by atoms with van der Waals surface area (Å²) in [4.78, 5) is 129. The summed E-state index contributed by atoms with van der Waals surface area (Å²) in [5.74, 6) is -1.95. The van der Waals surface area contributed by atoms with Crippen molar-refractivity contribution in [1.82, 2.24) is 30.9 Å². The van der Waals surface area contributed by atoms with Crippen LogP contribution in [0.1, 0.15) is 73.1 Å². The maximum absolute atomic E-state index is 14.6. The van der Waals surface area contributed by atoms with Crippen LogP contribution in [0.5, 0.6) is 17.2 Å². The number of ether oxygens (including phenoxy) is 3. The minimum absolute atomic E-state index is 0.0306. The molecule has 12 rings (SSSR count). The number of nitro benzene ring substituents is 3. The van der Waals surface area contributed by atoms with E-state index < -0.39 is 74.3 Å². The molecule has 0 spiro atoms. The van der Waals surface area contributed by atoms with Gasteiger partial charge in [0.05, 0.1) is 55.4 Å². The van der Waals surface area contributed by atoms with Crippen molar-refractivity contribution < 1.29 is 57.7 Å². The van der Waals surface area contributed by atoms with Crippen LogP contribution in [0.25, 0.3) is 32.7 Å². The molecule has 0 fully saturated rings. The summed E-state index contributed by atoms with van der Waals surface area (Å²) in [6.45, 7) is 5.54. The quantitative estimate of drug-likeness (QED) is 0.0115. The monoisotopic (exact) mass is 1470 g/mol. The third kappa shape index (κ3) is 17.9. The van der Waals surface area contributed by atoms with Gasteiger partial charge in [-0.2, -0.15) is 0 Å². The number of methoxy groups -OCH3 is 3. The van der Waals surface area contributed by atoms with Gasteiger partial charge in [-0.1, -0.05) is 72.8 Å². The van der Waals surface area contributed by atoms with E-state index in [1.165, 1.54) is 72.8 Å². The van der Waals surface area contributed by atoms with Crippen LogP contribution in [0.4, 0.5) is 34.1 Å². The summed E-state index contributed by atoms with van der Waals surface area (Å²) < 4.78 is 16.4. The molecule has 0 unspecified atom stereocenters. The van der Waals surface area contributed by atoms with Crippen molar-refractivity contribution in [3.63, 3.8) is 0 Å². The van der Waals surface area contributed by atoms with Gasteiger partial charge in [0.25, 0.3) is 17.1 Å². The number of aryl methyl sites for hydroxylation is 3. The third-order valence-electron chi connectivity index (χ3n) is 19.2. The number of fused-ring (bicyclic) bond motifs is 3. The number of carbonyl (C=O) groups is 6. The molecule has 27 heteroatoms. The zero-order valence-electron chi connectivity index (χ0n) is 60.1. The zero-order valence-corrected chi connectivity index (χ0v) is 60.1. The molecule has 3 heterocycles. The Morgan fingerprint density at radius 2 is 0.606 bits per heavy atom. The highest BCUT2D eigenvalue weighted by Gasteiger charge is 2.29. The van der Waals surface area contributed by atoms with Gasteiger partial charge in [-0.15, -0.1) is 0 Å². The van der Waals surface area contributed by atoms with Crippen molar-refractivity contribution in [1.29, 1.82) is 0 Å². The van der Waals surface area contributed by atoms with E-state index in [1.807, 2.05) is 93.6 Å². The van der Waals surface area contributed by atoms with E-state index in [2.05, 4.69) is 46.9 Å². The number of nitrogens with one attached hydrogen (secondary N) is 9. The van der Waals surface area contributed by atoms with E-state index in [-0.39, 0.29) is 55.6 Å². The Morgan fingerprint density at radius 1 is 0.358 bits per heavy atom. The number of anilines is 3. The fourth-order valence-electron chi connectivity index (χ4n) is 13.5. The van der Waals surface area contributed by atoms with E-state index >= 15 is 0 Å². The smallest absolute Gasteiger partial charge is 0.269 e. The lowest BCUT2D eigenvalue weighted by Crippen LogP contribution is -2.45. The second-order valence-electron chi connectivity index (χ2n) is 26.5. The van der Waals surface area contributed by atoms with Gasteiger partial charge in [0.1, 0.15) is 35.4 Å². The van der Waals surface area contributed by atoms with Crippen molar-refractivity contribution in [2.24, 2.45) is 0 Å². The predicted octanol–water partition coefficient (Wildman–Crippen LogP) is 12.7. The molecule has 0 radical (unpaired) electrons. The average Bonchev–Trinajstić information content (AvgIpc) is 1.76. The molecule has 0 aliphatic carbocycles. The average molecular weight is 1470 g/mol. The van der Waals surface area contributed by atoms with Crippen LogP contribution in [0.3, 0.4) is 0 Å². The van der Waals surface area contributed by atoms with Crippen LogP contribution in [0.15, 0.2) is 200 Å². The van der Waals surface area contributed by atoms with Crippen LogP contribution in [0.2, 0.25) is 0 Å². The predicted molar refractivity (Wildman–Crippen MR) is 412 cm³/mol. The van der Waals surface area contributed by atoms with Crippen LogP contribution >= 0.6 is 0 Å². The van der Waals surface area contributed by atoms with Crippen molar-refractivity contribution >= 4 is 102 Å². The molecule has 6 amide bonds. The SMILES string of the molecule is COc1ccc2[nH]c(C)c(CC(=O)N[C@@H](Cc3ccc([N+](=O)[O-])cc3)C(=O)Nc3ccc(C(c4ccc(NC(=O)[C@H](Cc5ccc([N+](=O)[O-])cc5)NC(=O)Cc5c(C)[nH]c6ccc(OC)cc56)cc4)c4ccc(NC(=O)[C@H](Cc5ccc([N+](=O)[O-])cc5)NC(=O)Cc5c(C)[nH]c6ccc(OC)cc56)cc4)cc3)c2c1. The molecule has 9 N–H and O–H groups in total. The number of carbonyl (C=O) groups excluding carboxylic acids is 6. The molecular weight excluding hydrogens is 1390 g/mol. The Morgan fingerprint density at radius 3 is 0.835 bits per heavy atom. The summed E-state index contributed by atoms with van der Waals surface area (Å²) in [6, 6.07) is 51.1. The maximum Gasteiger partial charge on any atom is 0.269 e. The van der Waals surface area contributed by atoms with Crippen LogP contribution < -0.4 is 46.1 Å². The molecule has 109 heavy (non-hydrogen) atoms. The minimum Gasteiger partial charge on any atom is -0.497 e. The Hall–Kier alpha value is -14.0. The molecule has 0 bridgehead atoms. The third-order valence-corrected chi connectivity index (χ3v) is 19.2. The van der Waals surface area contributed by atoms with E-state index in [0.717, 1.165) is 49.8 Å². The van der Waals surface area contributed by atoms with E-state index in [1.54, 1.807) is 75.9 Å². The summed E-state index contributed by atoms with van der Waals surface area (Å²) in [7, 11) is 4.64. The lowest BCUT2D eigenvalue weighted by molar-refractivity contribution is -0.385. The van der Waals surface area contributed by atoms with Gasteiger partial charge in [0, 0.05) is 128 Å². The van der Waals surface area contributed by atoms with Gasteiger partial charge in [-0.05, 0) is 162 Å². The van der Waals surface area contributed by atoms with Gasteiger partial charge in [0.15, 0.2) is 0 Å². The summed E-state index contributed by atoms with van der Waals surface area (Å²) in [5.41, 5.74) is 11.1. The molecule has 0 saturated carbocycles. The van der Waals surface area contributed by atoms with Gasteiger partial charge < -0.3 is 61.1 Å².